The first-order valence-corrected chi connectivity index (χ1v) is 9.54. The van der Waals surface area contributed by atoms with Gasteiger partial charge in [0.1, 0.15) is 17.9 Å². The Balaban J connectivity index is 0.000000640. The predicted octanol–water partition coefficient (Wildman–Crippen LogP) is 3.57. The van der Waals surface area contributed by atoms with Crippen molar-refractivity contribution in [2.75, 3.05) is 12.8 Å². The molecule has 2 aromatic heterocycles. The molecule has 3 aromatic rings. The molecule has 7 heteroatoms. The molecular weight excluding hydrogens is 354 g/mol. The number of imidazole rings is 1. The zero-order chi connectivity index (χ0) is 20.7. The van der Waals surface area contributed by atoms with E-state index in [1.165, 1.54) is 0 Å². The van der Waals surface area contributed by atoms with Crippen LogP contribution in [0.2, 0.25) is 0 Å². The number of aliphatic hydroxyl groups excluding tert-OH is 1. The fraction of sp³-hybridized carbons (Fsp3) is 0.476. The zero-order valence-electron chi connectivity index (χ0n) is 17.1. The summed E-state index contributed by atoms with van der Waals surface area (Å²) < 4.78 is 7.46. The highest BCUT2D eigenvalue weighted by molar-refractivity contribution is 6.06. The van der Waals surface area contributed by atoms with Gasteiger partial charge in [-0.15, -0.1) is 0 Å². The molecule has 0 fully saturated rings. The van der Waals surface area contributed by atoms with Gasteiger partial charge in [-0.05, 0) is 38.3 Å². The number of aliphatic hydroxyl groups is 1. The fourth-order valence-corrected chi connectivity index (χ4v) is 3.06. The third-order valence-electron chi connectivity index (χ3n) is 4.09. The van der Waals surface area contributed by atoms with Crippen molar-refractivity contribution in [3.8, 4) is 6.07 Å². The van der Waals surface area contributed by atoms with Crippen LogP contribution in [0.5, 0.6) is 0 Å². The molecule has 0 bridgehead atoms. The summed E-state index contributed by atoms with van der Waals surface area (Å²) in [4.78, 5) is 9.18. The number of nitrogens with two attached hydrogens (primary N) is 1. The van der Waals surface area contributed by atoms with Crippen LogP contribution in [0.4, 0.5) is 5.82 Å². The van der Waals surface area contributed by atoms with E-state index in [2.05, 4.69) is 39.7 Å². The highest BCUT2D eigenvalue weighted by Gasteiger charge is 2.17. The number of pyridine rings is 1. The van der Waals surface area contributed by atoms with Crippen LogP contribution in [0.3, 0.4) is 0 Å². The van der Waals surface area contributed by atoms with Crippen molar-refractivity contribution in [1.29, 1.82) is 5.26 Å². The van der Waals surface area contributed by atoms with E-state index in [0.29, 0.717) is 18.8 Å². The summed E-state index contributed by atoms with van der Waals surface area (Å²) in [6.07, 6.45) is 2.04. The Bertz CT molecular complexity index is 970. The number of aromatic nitrogens is 3. The monoisotopic (exact) mass is 383 g/mol. The van der Waals surface area contributed by atoms with Gasteiger partial charge in [0.05, 0.1) is 17.1 Å². The second-order valence-corrected chi connectivity index (χ2v) is 6.91. The SMILES string of the molecule is CC(C)O.CCCn1c(COC)nc2c(N)nc3cc(CCC#N)ccc3c21. The number of aryl methyl sites for hydroxylation is 2. The Morgan fingerprint density at radius 3 is 2.64 bits per heavy atom. The molecule has 28 heavy (non-hydrogen) atoms. The molecule has 3 rings (SSSR count). The smallest absolute Gasteiger partial charge is 0.152 e. The van der Waals surface area contributed by atoms with Gasteiger partial charge in [0.2, 0.25) is 0 Å². The van der Waals surface area contributed by atoms with Gasteiger partial charge >= 0.3 is 0 Å². The first-order chi connectivity index (χ1) is 13.4. The molecule has 2 heterocycles. The number of anilines is 1. The van der Waals surface area contributed by atoms with Gasteiger partial charge in [-0.25, -0.2) is 9.97 Å². The Kier molecular flexibility index (Phi) is 7.73. The molecule has 0 atom stereocenters. The summed E-state index contributed by atoms with van der Waals surface area (Å²) >= 11 is 0. The highest BCUT2D eigenvalue weighted by Crippen LogP contribution is 2.30. The van der Waals surface area contributed by atoms with Crippen molar-refractivity contribution < 1.29 is 9.84 Å². The van der Waals surface area contributed by atoms with E-state index >= 15 is 0 Å². The minimum absolute atomic E-state index is 0.167. The van der Waals surface area contributed by atoms with E-state index in [4.69, 9.17) is 20.8 Å². The van der Waals surface area contributed by atoms with E-state index in [0.717, 1.165) is 52.7 Å². The molecule has 0 saturated heterocycles. The fourth-order valence-electron chi connectivity index (χ4n) is 3.06. The molecule has 0 aliphatic heterocycles. The first-order valence-electron chi connectivity index (χ1n) is 9.54. The Morgan fingerprint density at radius 1 is 1.32 bits per heavy atom. The van der Waals surface area contributed by atoms with Gasteiger partial charge in [0, 0.05) is 31.6 Å². The largest absolute Gasteiger partial charge is 0.394 e. The summed E-state index contributed by atoms with van der Waals surface area (Å²) in [5.74, 6) is 1.30. The van der Waals surface area contributed by atoms with Crippen molar-refractivity contribution >= 4 is 27.8 Å². The molecule has 0 aliphatic carbocycles. The lowest BCUT2D eigenvalue weighted by Gasteiger charge is -2.10. The van der Waals surface area contributed by atoms with Crippen LogP contribution >= 0.6 is 0 Å². The number of methoxy groups -OCH3 is 1. The van der Waals surface area contributed by atoms with E-state index in [9.17, 15) is 0 Å². The number of benzene rings is 1. The molecule has 0 aliphatic rings. The van der Waals surface area contributed by atoms with Crippen LogP contribution in [0.15, 0.2) is 18.2 Å². The van der Waals surface area contributed by atoms with Gasteiger partial charge in [-0.1, -0.05) is 19.1 Å². The minimum Gasteiger partial charge on any atom is -0.394 e. The maximum absolute atomic E-state index is 8.77. The molecule has 0 radical (unpaired) electrons. The number of hydrogen-bond donors (Lipinski definition) is 2. The second kappa shape index (κ2) is 10.0. The molecular formula is C21H29N5O2. The molecule has 0 saturated carbocycles. The topological polar surface area (TPSA) is 110 Å². The number of nitrogens with zero attached hydrogens (tertiary/aromatic N) is 4. The van der Waals surface area contributed by atoms with Gasteiger partial charge in [-0.2, -0.15) is 5.26 Å². The number of ether oxygens (including phenoxy) is 1. The molecule has 0 unspecified atom stereocenters. The van der Waals surface area contributed by atoms with Gasteiger partial charge in [0.15, 0.2) is 5.82 Å². The van der Waals surface area contributed by atoms with Crippen LogP contribution in [0, 0.1) is 11.3 Å². The number of hydrogen-bond acceptors (Lipinski definition) is 6. The van der Waals surface area contributed by atoms with E-state index in [1.54, 1.807) is 21.0 Å². The summed E-state index contributed by atoms with van der Waals surface area (Å²) in [6, 6.07) is 8.30. The number of rotatable bonds is 6. The van der Waals surface area contributed by atoms with Crippen LogP contribution in [0.25, 0.3) is 21.9 Å². The third kappa shape index (κ3) is 4.97. The highest BCUT2D eigenvalue weighted by atomic mass is 16.5. The average molecular weight is 383 g/mol. The third-order valence-corrected chi connectivity index (χ3v) is 4.09. The number of nitrogen functional groups attached to an aromatic ring is 1. The van der Waals surface area contributed by atoms with E-state index in [-0.39, 0.29) is 6.10 Å². The lowest BCUT2D eigenvalue weighted by Crippen LogP contribution is -2.04. The van der Waals surface area contributed by atoms with E-state index < -0.39 is 0 Å². The van der Waals surface area contributed by atoms with Crippen molar-refractivity contribution in [1.82, 2.24) is 14.5 Å². The summed E-state index contributed by atoms with van der Waals surface area (Å²) in [7, 11) is 1.66. The van der Waals surface area contributed by atoms with Crippen LogP contribution < -0.4 is 5.73 Å². The van der Waals surface area contributed by atoms with E-state index in [1.807, 2.05) is 6.07 Å². The van der Waals surface area contributed by atoms with Crippen molar-refractivity contribution in [2.45, 2.75) is 59.3 Å². The summed E-state index contributed by atoms with van der Waals surface area (Å²) in [5.41, 5.74) is 9.84. The standard InChI is InChI=1S/C18H21N5O.C3H8O/c1-3-9-23-15(11-24-2)22-16-17(23)13-7-6-12(5-4-8-19)10-14(13)21-18(16)20;1-3(2)4/h6-7,10H,3-5,9,11H2,1-2H3,(H2,20,21);3-4H,1-2H3. The summed E-state index contributed by atoms with van der Waals surface area (Å²) in [6.45, 7) is 6.87. The van der Waals surface area contributed by atoms with Crippen molar-refractivity contribution in [3.63, 3.8) is 0 Å². The van der Waals surface area contributed by atoms with Crippen LogP contribution in [-0.4, -0.2) is 32.9 Å². The average Bonchev–Trinajstić information content (AvgIpc) is 2.99. The molecule has 3 N–H and O–H groups in total. The maximum Gasteiger partial charge on any atom is 0.152 e. The summed E-state index contributed by atoms with van der Waals surface area (Å²) in [5, 5.41) is 17.9. The lowest BCUT2D eigenvalue weighted by molar-refractivity contribution is 0.174. The number of fused-ring (bicyclic) bond motifs is 3. The van der Waals surface area contributed by atoms with Crippen molar-refractivity contribution in [2.24, 2.45) is 0 Å². The molecule has 7 nitrogen and oxygen atoms in total. The number of nitriles is 1. The van der Waals surface area contributed by atoms with Gasteiger partial charge in [0.25, 0.3) is 0 Å². The zero-order valence-corrected chi connectivity index (χ0v) is 17.1. The molecule has 0 amide bonds. The quantitative estimate of drug-likeness (QED) is 0.673. The van der Waals surface area contributed by atoms with Crippen molar-refractivity contribution in [3.05, 3.63) is 29.6 Å². The predicted molar refractivity (Wildman–Crippen MR) is 112 cm³/mol. The normalized spacial score (nSPS) is 10.9. The second-order valence-electron chi connectivity index (χ2n) is 6.91. The Morgan fingerprint density at radius 2 is 2.04 bits per heavy atom. The molecule has 1 aromatic carbocycles. The molecule has 150 valence electrons. The van der Waals surface area contributed by atoms with Crippen LogP contribution in [-0.2, 0) is 24.3 Å². The van der Waals surface area contributed by atoms with Crippen LogP contribution in [0.1, 0.15) is 45.0 Å². The Hall–Kier alpha value is -2.69. The Labute approximate surface area is 165 Å². The molecule has 0 spiro atoms. The first kappa shape index (κ1) is 21.6. The lowest BCUT2D eigenvalue weighted by atomic mass is 10.1. The minimum atomic E-state index is -0.167. The maximum atomic E-state index is 8.77. The van der Waals surface area contributed by atoms with Gasteiger partial charge < -0.3 is 20.1 Å². The van der Waals surface area contributed by atoms with Gasteiger partial charge in [-0.3, -0.25) is 0 Å².